The van der Waals surface area contributed by atoms with Crippen molar-refractivity contribution >= 4 is 22.4 Å². The van der Waals surface area contributed by atoms with E-state index in [9.17, 15) is 0 Å². The molecule has 0 unspecified atom stereocenters. The van der Waals surface area contributed by atoms with E-state index in [1.165, 1.54) is 22.7 Å². The SMILES string of the molecule is Cc1nsc(N2Cc3ccc(N)cc3C2)n1. The molecule has 16 heavy (non-hydrogen) atoms. The molecule has 2 aromatic rings. The molecule has 1 aliphatic heterocycles. The Balaban J connectivity index is 1.90. The average molecular weight is 232 g/mol. The molecule has 3 rings (SSSR count). The van der Waals surface area contributed by atoms with Gasteiger partial charge in [0.25, 0.3) is 0 Å². The van der Waals surface area contributed by atoms with Crippen molar-refractivity contribution in [2.24, 2.45) is 0 Å². The first-order valence-corrected chi connectivity index (χ1v) is 5.92. The van der Waals surface area contributed by atoms with Crippen LogP contribution in [0.25, 0.3) is 0 Å². The zero-order chi connectivity index (χ0) is 11.1. The van der Waals surface area contributed by atoms with Gasteiger partial charge >= 0.3 is 0 Å². The van der Waals surface area contributed by atoms with E-state index in [1.807, 2.05) is 19.1 Å². The minimum absolute atomic E-state index is 0.828. The molecule has 4 nitrogen and oxygen atoms in total. The predicted molar refractivity (Wildman–Crippen MR) is 65.4 cm³/mol. The van der Waals surface area contributed by atoms with Gasteiger partial charge < -0.3 is 10.6 Å². The zero-order valence-corrected chi connectivity index (χ0v) is 9.79. The lowest BCUT2D eigenvalue weighted by Gasteiger charge is -2.11. The Morgan fingerprint density at radius 1 is 1.31 bits per heavy atom. The molecule has 0 fully saturated rings. The van der Waals surface area contributed by atoms with Crippen molar-refractivity contribution in [1.82, 2.24) is 9.36 Å². The standard InChI is InChI=1S/C11H12N4S/c1-7-13-11(16-14-7)15-5-8-2-3-10(12)4-9(8)6-15/h2-4H,5-6,12H2,1H3. The minimum atomic E-state index is 0.828. The van der Waals surface area contributed by atoms with Gasteiger partial charge in [0.2, 0.25) is 5.13 Å². The van der Waals surface area contributed by atoms with Gasteiger partial charge in [-0.15, -0.1) is 0 Å². The summed E-state index contributed by atoms with van der Waals surface area (Å²) in [7, 11) is 0. The Bertz CT molecular complexity index is 535. The molecule has 0 amide bonds. The highest BCUT2D eigenvalue weighted by Crippen LogP contribution is 2.30. The molecule has 2 N–H and O–H groups in total. The normalized spacial score (nSPS) is 14.2. The van der Waals surface area contributed by atoms with E-state index in [-0.39, 0.29) is 0 Å². The number of fused-ring (bicyclic) bond motifs is 1. The summed E-state index contributed by atoms with van der Waals surface area (Å²) in [4.78, 5) is 6.63. The fourth-order valence-electron chi connectivity index (χ4n) is 1.96. The molecule has 82 valence electrons. The van der Waals surface area contributed by atoms with Crippen LogP contribution in [0.1, 0.15) is 17.0 Å². The van der Waals surface area contributed by atoms with E-state index >= 15 is 0 Å². The second-order valence-corrected chi connectivity index (χ2v) is 4.74. The number of aromatic nitrogens is 2. The molecule has 0 aliphatic carbocycles. The third-order valence-corrected chi connectivity index (χ3v) is 3.61. The summed E-state index contributed by atoms with van der Waals surface area (Å²) >= 11 is 1.46. The number of anilines is 2. The summed E-state index contributed by atoms with van der Waals surface area (Å²) in [6.07, 6.45) is 0. The maximum Gasteiger partial charge on any atom is 0.205 e. The lowest BCUT2D eigenvalue weighted by Crippen LogP contribution is -2.13. The van der Waals surface area contributed by atoms with E-state index < -0.39 is 0 Å². The van der Waals surface area contributed by atoms with Crippen LogP contribution in [-0.2, 0) is 13.1 Å². The van der Waals surface area contributed by atoms with E-state index in [4.69, 9.17) is 5.73 Å². The van der Waals surface area contributed by atoms with Crippen molar-refractivity contribution in [3.05, 3.63) is 35.2 Å². The van der Waals surface area contributed by atoms with Crippen LogP contribution in [-0.4, -0.2) is 9.36 Å². The second-order valence-electron chi connectivity index (χ2n) is 4.01. The number of nitrogens with zero attached hydrogens (tertiary/aromatic N) is 3. The summed E-state index contributed by atoms with van der Waals surface area (Å²) in [5, 5.41) is 0.993. The number of hydrogen-bond donors (Lipinski definition) is 1. The summed E-state index contributed by atoms with van der Waals surface area (Å²) in [5.41, 5.74) is 9.24. The minimum Gasteiger partial charge on any atom is -0.399 e. The van der Waals surface area contributed by atoms with Gasteiger partial charge in [-0.2, -0.15) is 4.37 Å². The highest BCUT2D eigenvalue weighted by atomic mass is 32.1. The van der Waals surface area contributed by atoms with E-state index in [2.05, 4.69) is 20.3 Å². The molecule has 1 aliphatic rings. The molecule has 2 heterocycles. The van der Waals surface area contributed by atoms with Crippen molar-refractivity contribution in [1.29, 1.82) is 0 Å². The Hall–Kier alpha value is -1.62. The third kappa shape index (κ3) is 1.53. The fraction of sp³-hybridized carbons (Fsp3) is 0.273. The third-order valence-electron chi connectivity index (χ3n) is 2.74. The molecule has 0 radical (unpaired) electrons. The number of nitrogens with two attached hydrogens (primary N) is 1. The van der Waals surface area contributed by atoms with E-state index in [0.717, 1.165) is 29.7 Å². The number of aryl methyl sites for hydroxylation is 1. The molecule has 0 atom stereocenters. The average Bonchev–Trinajstić information content (AvgIpc) is 2.83. The van der Waals surface area contributed by atoms with Gasteiger partial charge in [-0.05, 0) is 30.2 Å². The number of rotatable bonds is 1. The van der Waals surface area contributed by atoms with Crippen LogP contribution in [0, 0.1) is 6.92 Å². The van der Waals surface area contributed by atoms with Crippen molar-refractivity contribution in [2.75, 3.05) is 10.6 Å². The Kier molecular flexibility index (Phi) is 2.07. The van der Waals surface area contributed by atoms with Crippen molar-refractivity contribution < 1.29 is 0 Å². The molecule has 5 heteroatoms. The lowest BCUT2D eigenvalue weighted by molar-refractivity contribution is 0.869. The number of hydrogen-bond acceptors (Lipinski definition) is 5. The van der Waals surface area contributed by atoms with Gasteiger partial charge in [-0.3, -0.25) is 0 Å². The van der Waals surface area contributed by atoms with Gasteiger partial charge in [-0.25, -0.2) is 4.98 Å². The first kappa shape index (κ1) is 9.59. The van der Waals surface area contributed by atoms with Crippen molar-refractivity contribution in [2.45, 2.75) is 20.0 Å². The first-order valence-electron chi connectivity index (χ1n) is 5.15. The van der Waals surface area contributed by atoms with Crippen LogP contribution in [0.5, 0.6) is 0 Å². The lowest BCUT2D eigenvalue weighted by atomic mass is 10.1. The van der Waals surface area contributed by atoms with Gasteiger partial charge in [0, 0.05) is 30.3 Å². The molecule has 0 spiro atoms. The molecule has 0 bridgehead atoms. The quantitative estimate of drug-likeness (QED) is 0.763. The van der Waals surface area contributed by atoms with Gasteiger partial charge in [0.05, 0.1) is 0 Å². The summed E-state index contributed by atoms with van der Waals surface area (Å²) < 4.78 is 4.21. The summed E-state index contributed by atoms with van der Waals surface area (Å²) in [5.74, 6) is 0.843. The Labute approximate surface area is 97.9 Å². The number of benzene rings is 1. The Morgan fingerprint density at radius 3 is 2.88 bits per heavy atom. The maximum absolute atomic E-state index is 5.78. The van der Waals surface area contributed by atoms with Crippen LogP contribution >= 0.6 is 11.5 Å². The molecule has 1 aromatic carbocycles. The number of nitrogen functional groups attached to an aromatic ring is 1. The van der Waals surface area contributed by atoms with E-state index in [0.29, 0.717) is 0 Å². The Morgan fingerprint density at radius 2 is 2.12 bits per heavy atom. The van der Waals surface area contributed by atoms with E-state index in [1.54, 1.807) is 0 Å². The smallest absolute Gasteiger partial charge is 0.205 e. The summed E-state index contributed by atoms with van der Waals surface area (Å²) in [6.45, 7) is 3.71. The van der Waals surface area contributed by atoms with Gasteiger partial charge in [0.15, 0.2) is 0 Å². The molecule has 0 saturated heterocycles. The highest BCUT2D eigenvalue weighted by molar-refractivity contribution is 7.09. The van der Waals surface area contributed by atoms with Gasteiger partial charge in [0.1, 0.15) is 5.82 Å². The van der Waals surface area contributed by atoms with Gasteiger partial charge in [-0.1, -0.05) is 6.07 Å². The monoisotopic (exact) mass is 232 g/mol. The summed E-state index contributed by atoms with van der Waals surface area (Å²) in [6, 6.07) is 6.09. The van der Waals surface area contributed by atoms with Crippen molar-refractivity contribution in [3.8, 4) is 0 Å². The van der Waals surface area contributed by atoms with Crippen LogP contribution < -0.4 is 10.6 Å². The molecular weight excluding hydrogens is 220 g/mol. The first-order chi connectivity index (χ1) is 7.72. The fourth-order valence-corrected chi connectivity index (χ4v) is 2.64. The van der Waals surface area contributed by atoms with Crippen molar-refractivity contribution in [3.63, 3.8) is 0 Å². The topological polar surface area (TPSA) is 55.0 Å². The highest BCUT2D eigenvalue weighted by Gasteiger charge is 2.21. The largest absolute Gasteiger partial charge is 0.399 e. The van der Waals surface area contributed by atoms with Crippen LogP contribution in [0.3, 0.4) is 0 Å². The predicted octanol–water partition coefficient (Wildman–Crippen LogP) is 1.95. The second kappa shape index (κ2) is 3.45. The van der Waals surface area contributed by atoms with Crippen LogP contribution in [0.2, 0.25) is 0 Å². The molecule has 1 aromatic heterocycles. The maximum atomic E-state index is 5.78. The zero-order valence-electron chi connectivity index (χ0n) is 8.97. The molecule has 0 saturated carbocycles. The molecular formula is C11H12N4S. The van der Waals surface area contributed by atoms with Crippen LogP contribution in [0.15, 0.2) is 18.2 Å². The van der Waals surface area contributed by atoms with Crippen LogP contribution in [0.4, 0.5) is 10.8 Å².